The van der Waals surface area contributed by atoms with Crippen LogP contribution >= 0.6 is 0 Å². The van der Waals surface area contributed by atoms with E-state index >= 15 is 0 Å². The fourth-order valence-corrected chi connectivity index (χ4v) is 0.714. The van der Waals surface area contributed by atoms with Crippen molar-refractivity contribution in [2.45, 2.75) is 40.2 Å². The van der Waals surface area contributed by atoms with Gasteiger partial charge in [-0.25, -0.2) is 0 Å². The van der Waals surface area contributed by atoms with E-state index in [0.717, 1.165) is 5.90 Å². The number of ether oxygens (including phenoxy) is 1. The number of aliphatic imine (C=N–C) groups is 1. The minimum atomic E-state index is -0.0146. The van der Waals surface area contributed by atoms with Crippen LogP contribution in [0, 0.1) is 0 Å². The summed E-state index contributed by atoms with van der Waals surface area (Å²) in [7, 11) is 0. The van der Waals surface area contributed by atoms with Gasteiger partial charge < -0.3 is 4.74 Å². The van der Waals surface area contributed by atoms with Gasteiger partial charge in [0.1, 0.15) is 0 Å². The highest BCUT2D eigenvalue weighted by atomic mass is 16.5. The first kappa shape index (κ1) is 9.47. The Balaban J connectivity index is 3.90. The summed E-state index contributed by atoms with van der Waals surface area (Å²) in [6.07, 6.45) is 0. The summed E-state index contributed by atoms with van der Waals surface area (Å²) in [5.41, 5.74) is -0.0146. The van der Waals surface area contributed by atoms with E-state index in [1.54, 1.807) is 0 Å². The lowest BCUT2D eigenvalue weighted by atomic mass is 10.1. The van der Waals surface area contributed by atoms with Crippen LogP contribution in [0.3, 0.4) is 0 Å². The Morgan fingerprint density at radius 1 is 1.40 bits per heavy atom. The highest BCUT2D eigenvalue weighted by Crippen LogP contribution is 2.06. The lowest BCUT2D eigenvalue weighted by Crippen LogP contribution is -2.14. The first-order chi connectivity index (χ1) is 4.45. The van der Waals surface area contributed by atoms with E-state index in [1.165, 1.54) is 0 Å². The summed E-state index contributed by atoms with van der Waals surface area (Å²) in [6.45, 7) is 10.7. The molecule has 0 N–H and O–H groups in total. The molecule has 0 atom stereocenters. The molecule has 60 valence electrons. The van der Waals surface area contributed by atoms with Gasteiger partial charge in [-0.15, -0.1) is 0 Å². The standard InChI is InChI=1S/C8H17NO/c1-6-10-7(2)9-8(3,4)5/h6H2,1-5H3. The summed E-state index contributed by atoms with van der Waals surface area (Å²) in [5.74, 6) is 0.773. The molecular formula is C8H17NO. The molecule has 0 spiro atoms. The molecule has 0 aromatic rings. The van der Waals surface area contributed by atoms with Gasteiger partial charge in [0.15, 0.2) is 5.90 Å². The highest BCUT2D eigenvalue weighted by Gasteiger charge is 2.07. The predicted octanol–water partition coefficient (Wildman–Crippen LogP) is 2.24. The van der Waals surface area contributed by atoms with Crippen LogP contribution in [-0.2, 0) is 4.74 Å². The van der Waals surface area contributed by atoms with Gasteiger partial charge in [-0.3, -0.25) is 4.99 Å². The molecule has 0 radical (unpaired) electrons. The highest BCUT2D eigenvalue weighted by molar-refractivity contribution is 5.73. The Hall–Kier alpha value is -0.530. The van der Waals surface area contributed by atoms with Gasteiger partial charge in [0.25, 0.3) is 0 Å². The van der Waals surface area contributed by atoms with Crippen LogP contribution in [0.15, 0.2) is 4.99 Å². The molecule has 0 bridgehead atoms. The first-order valence-electron chi connectivity index (χ1n) is 3.65. The number of rotatable bonds is 1. The molecule has 0 aromatic carbocycles. The quantitative estimate of drug-likeness (QED) is 0.407. The van der Waals surface area contributed by atoms with Gasteiger partial charge >= 0.3 is 0 Å². The van der Waals surface area contributed by atoms with Crippen LogP contribution in [0.5, 0.6) is 0 Å². The molecule has 2 nitrogen and oxygen atoms in total. The molecule has 10 heavy (non-hydrogen) atoms. The van der Waals surface area contributed by atoms with E-state index in [4.69, 9.17) is 4.74 Å². The molecule has 0 aliphatic carbocycles. The maximum absolute atomic E-state index is 5.17. The minimum absolute atomic E-state index is 0.0146. The zero-order valence-corrected chi connectivity index (χ0v) is 7.56. The molecular weight excluding hydrogens is 126 g/mol. The SMILES string of the molecule is CCOC(C)=NC(C)(C)C. The predicted molar refractivity (Wildman–Crippen MR) is 44.5 cm³/mol. The molecule has 0 amide bonds. The number of nitrogens with zero attached hydrogens (tertiary/aromatic N) is 1. The Morgan fingerprint density at radius 2 is 1.90 bits per heavy atom. The van der Waals surface area contributed by atoms with Crippen molar-refractivity contribution in [1.29, 1.82) is 0 Å². The van der Waals surface area contributed by atoms with Crippen molar-refractivity contribution in [1.82, 2.24) is 0 Å². The van der Waals surface area contributed by atoms with Crippen LogP contribution in [0.1, 0.15) is 34.6 Å². The molecule has 2 heteroatoms. The lowest BCUT2D eigenvalue weighted by molar-refractivity contribution is 0.317. The third-order valence-electron chi connectivity index (χ3n) is 0.846. The van der Waals surface area contributed by atoms with Crippen LogP contribution in [-0.4, -0.2) is 18.0 Å². The topological polar surface area (TPSA) is 21.6 Å². The van der Waals surface area contributed by atoms with Crippen molar-refractivity contribution < 1.29 is 4.74 Å². The van der Waals surface area contributed by atoms with E-state index in [2.05, 4.69) is 25.8 Å². The summed E-state index contributed by atoms with van der Waals surface area (Å²) in [4.78, 5) is 4.29. The van der Waals surface area contributed by atoms with Gasteiger partial charge in [0, 0.05) is 6.92 Å². The second kappa shape index (κ2) is 3.59. The van der Waals surface area contributed by atoms with Gasteiger partial charge in [0.2, 0.25) is 0 Å². The van der Waals surface area contributed by atoms with Crippen molar-refractivity contribution >= 4 is 5.90 Å². The van der Waals surface area contributed by atoms with E-state index in [0.29, 0.717) is 6.61 Å². The van der Waals surface area contributed by atoms with Crippen LogP contribution in [0.2, 0.25) is 0 Å². The Kier molecular flexibility index (Phi) is 3.40. The van der Waals surface area contributed by atoms with E-state index in [-0.39, 0.29) is 5.54 Å². The second-order valence-electron chi connectivity index (χ2n) is 3.23. The second-order valence-corrected chi connectivity index (χ2v) is 3.23. The maximum Gasteiger partial charge on any atom is 0.180 e. The van der Waals surface area contributed by atoms with Gasteiger partial charge in [-0.05, 0) is 27.7 Å². The van der Waals surface area contributed by atoms with Crippen LogP contribution in [0.25, 0.3) is 0 Å². The van der Waals surface area contributed by atoms with Crippen molar-refractivity contribution in [3.05, 3.63) is 0 Å². The van der Waals surface area contributed by atoms with Crippen LogP contribution < -0.4 is 0 Å². The Labute approximate surface area is 63.3 Å². The summed E-state index contributed by atoms with van der Waals surface area (Å²) in [6, 6.07) is 0. The molecule has 0 aliphatic rings. The lowest BCUT2D eigenvalue weighted by Gasteiger charge is -2.13. The smallest absolute Gasteiger partial charge is 0.180 e. The average molecular weight is 143 g/mol. The third-order valence-corrected chi connectivity index (χ3v) is 0.846. The van der Waals surface area contributed by atoms with Crippen molar-refractivity contribution in [3.63, 3.8) is 0 Å². The zero-order valence-electron chi connectivity index (χ0n) is 7.56. The first-order valence-corrected chi connectivity index (χ1v) is 3.65. The van der Waals surface area contributed by atoms with Crippen molar-refractivity contribution in [2.24, 2.45) is 4.99 Å². The van der Waals surface area contributed by atoms with Crippen molar-refractivity contribution in [2.75, 3.05) is 6.61 Å². The average Bonchev–Trinajstić information content (AvgIpc) is 1.59. The zero-order chi connectivity index (χ0) is 8.20. The fourth-order valence-electron chi connectivity index (χ4n) is 0.714. The molecule has 0 unspecified atom stereocenters. The summed E-state index contributed by atoms with van der Waals surface area (Å²) < 4.78 is 5.17. The molecule has 0 fully saturated rings. The summed E-state index contributed by atoms with van der Waals surface area (Å²) in [5, 5.41) is 0. The molecule has 0 aliphatic heterocycles. The monoisotopic (exact) mass is 143 g/mol. The van der Waals surface area contributed by atoms with E-state index in [1.807, 2.05) is 13.8 Å². The fraction of sp³-hybridized carbons (Fsp3) is 0.875. The molecule has 0 heterocycles. The molecule has 0 saturated heterocycles. The normalized spacial score (nSPS) is 13.5. The number of hydrogen-bond acceptors (Lipinski definition) is 2. The van der Waals surface area contributed by atoms with E-state index in [9.17, 15) is 0 Å². The van der Waals surface area contributed by atoms with Gasteiger partial charge in [0.05, 0.1) is 12.1 Å². The Morgan fingerprint density at radius 3 is 2.20 bits per heavy atom. The molecule has 0 saturated carbocycles. The van der Waals surface area contributed by atoms with E-state index < -0.39 is 0 Å². The molecule has 0 aromatic heterocycles. The summed E-state index contributed by atoms with van der Waals surface area (Å²) >= 11 is 0. The van der Waals surface area contributed by atoms with Crippen molar-refractivity contribution in [3.8, 4) is 0 Å². The largest absolute Gasteiger partial charge is 0.481 e. The molecule has 0 rings (SSSR count). The Bertz CT molecular complexity index is 122. The van der Waals surface area contributed by atoms with Gasteiger partial charge in [-0.1, -0.05) is 0 Å². The van der Waals surface area contributed by atoms with Gasteiger partial charge in [-0.2, -0.15) is 0 Å². The number of hydrogen-bond donors (Lipinski definition) is 0. The van der Waals surface area contributed by atoms with Crippen LogP contribution in [0.4, 0.5) is 0 Å². The maximum atomic E-state index is 5.17. The third kappa shape index (κ3) is 5.60. The minimum Gasteiger partial charge on any atom is -0.481 e.